The molecule has 2 fully saturated rings. The van der Waals surface area contributed by atoms with Gasteiger partial charge in [-0.3, -0.25) is 9.59 Å². The van der Waals surface area contributed by atoms with Crippen molar-refractivity contribution >= 4 is 17.5 Å². The molecule has 0 bridgehead atoms. The number of likely N-dealkylation sites (tertiary alicyclic amines) is 1. The topological polar surface area (TPSA) is 49.9 Å². The van der Waals surface area contributed by atoms with Gasteiger partial charge in [0.2, 0.25) is 11.8 Å². The molecule has 2 saturated heterocycles. The Morgan fingerprint density at radius 2 is 1.79 bits per heavy atom. The van der Waals surface area contributed by atoms with Gasteiger partial charge in [-0.15, -0.1) is 0 Å². The van der Waals surface area contributed by atoms with Crippen LogP contribution in [0, 0.1) is 17.2 Å². The maximum Gasteiger partial charge on any atom is 0.422 e. The second-order valence-electron chi connectivity index (χ2n) is 8.84. The summed E-state index contributed by atoms with van der Waals surface area (Å²) < 4.78 is 54.9. The number of alkyl halides is 3. The van der Waals surface area contributed by atoms with Crippen molar-refractivity contribution in [1.82, 2.24) is 4.90 Å². The fourth-order valence-corrected chi connectivity index (χ4v) is 4.62. The van der Waals surface area contributed by atoms with E-state index in [0.29, 0.717) is 37.3 Å². The monoisotopic (exact) mass is 464 g/mol. The van der Waals surface area contributed by atoms with Gasteiger partial charge >= 0.3 is 6.18 Å². The van der Waals surface area contributed by atoms with E-state index in [1.165, 1.54) is 24.3 Å². The Balaban J connectivity index is 1.42. The van der Waals surface area contributed by atoms with Crippen molar-refractivity contribution in [1.29, 1.82) is 0 Å². The van der Waals surface area contributed by atoms with Crippen LogP contribution >= 0.6 is 0 Å². The lowest BCUT2D eigenvalue weighted by Gasteiger charge is -2.40. The van der Waals surface area contributed by atoms with Crippen LogP contribution in [-0.2, 0) is 16.0 Å². The molecule has 2 aromatic carbocycles. The molecule has 9 heteroatoms. The van der Waals surface area contributed by atoms with Crippen molar-refractivity contribution in [3.8, 4) is 5.75 Å². The van der Waals surface area contributed by atoms with Crippen LogP contribution in [0.5, 0.6) is 5.75 Å². The number of carbonyl (C=O) groups excluding carboxylic acids is 2. The van der Waals surface area contributed by atoms with Gasteiger partial charge in [-0.25, -0.2) is 4.39 Å². The van der Waals surface area contributed by atoms with Crippen molar-refractivity contribution in [2.24, 2.45) is 11.3 Å². The first-order valence-electron chi connectivity index (χ1n) is 10.7. The van der Waals surface area contributed by atoms with Crippen molar-refractivity contribution < 1.29 is 31.9 Å². The van der Waals surface area contributed by atoms with E-state index in [9.17, 15) is 27.2 Å². The van der Waals surface area contributed by atoms with Gasteiger partial charge in [-0.1, -0.05) is 12.1 Å². The molecule has 0 radical (unpaired) electrons. The van der Waals surface area contributed by atoms with E-state index in [0.717, 1.165) is 0 Å². The molecule has 2 heterocycles. The summed E-state index contributed by atoms with van der Waals surface area (Å²) >= 11 is 0. The molecule has 0 aromatic heterocycles. The maximum atomic E-state index is 13.4. The molecule has 0 spiro atoms. The number of amides is 2. The molecule has 0 unspecified atom stereocenters. The number of fused-ring (bicyclic) bond motifs is 1. The standard InChI is InChI=1S/C24H24F4N2O3/c1-23-14-29(21(31)12-16-2-4-18(25)5-3-16)13-17(23)10-11-30(22(23)32)19-6-8-20(9-7-19)33-15-24(26,27)28/h2-9,17H,10-15H2,1H3/t17-,23+/m1/s1. The molecule has 0 saturated carbocycles. The summed E-state index contributed by atoms with van der Waals surface area (Å²) in [7, 11) is 0. The van der Waals surface area contributed by atoms with E-state index in [2.05, 4.69) is 0 Å². The lowest BCUT2D eigenvalue weighted by molar-refractivity contribution is -0.153. The molecule has 33 heavy (non-hydrogen) atoms. The van der Waals surface area contributed by atoms with Gasteiger partial charge in [0.15, 0.2) is 6.61 Å². The summed E-state index contributed by atoms with van der Waals surface area (Å²) in [6.07, 6.45) is -3.58. The van der Waals surface area contributed by atoms with Crippen molar-refractivity contribution in [3.05, 3.63) is 59.9 Å². The summed E-state index contributed by atoms with van der Waals surface area (Å²) in [4.78, 5) is 29.5. The van der Waals surface area contributed by atoms with Crippen molar-refractivity contribution in [3.63, 3.8) is 0 Å². The van der Waals surface area contributed by atoms with Crippen molar-refractivity contribution in [2.45, 2.75) is 25.9 Å². The smallest absolute Gasteiger partial charge is 0.422 e. The molecule has 4 rings (SSSR count). The highest BCUT2D eigenvalue weighted by Crippen LogP contribution is 2.44. The summed E-state index contributed by atoms with van der Waals surface area (Å²) in [5.74, 6) is -0.491. The van der Waals surface area contributed by atoms with Gasteiger partial charge in [0.1, 0.15) is 11.6 Å². The number of nitrogens with zero attached hydrogens (tertiary/aromatic N) is 2. The van der Waals surface area contributed by atoms with Crippen LogP contribution in [0.2, 0.25) is 0 Å². The van der Waals surface area contributed by atoms with Crippen LogP contribution in [0.25, 0.3) is 0 Å². The van der Waals surface area contributed by atoms with Gasteiger partial charge in [-0.05, 0) is 61.2 Å². The van der Waals surface area contributed by atoms with Gasteiger partial charge in [0.25, 0.3) is 0 Å². The first-order chi connectivity index (χ1) is 15.5. The molecule has 2 aliphatic rings. The Bertz CT molecular complexity index is 1020. The molecular formula is C24H24F4N2O3. The van der Waals surface area contributed by atoms with Crippen LogP contribution in [-0.4, -0.2) is 49.1 Å². The first-order valence-corrected chi connectivity index (χ1v) is 10.7. The number of halogens is 4. The number of hydrogen-bond acceptors (Lipinski definition) is 3. The Labute approximate surface area is 188 Å². The normalized spacial score (nSPS) is 22.9. The van der Waals surface area contributed by atoms with E-state index in [1.54, 1.807) is 34.1 Å². The third kappa shape index (κ3) is 4.96. The highest BCUT2D eigenvalue weighted by molar-refractivity contribution is 5.99. The second-order valence-corrected chi connectivity index (χ2v) is 8.84. The summed E-state index contributed by atoms with van der Waals surface area (Å²) in [5.41, 5.74) is 0.541. The lowest BCUT2D eigenvalue weighted by Crippen LogP contribution is -2.52. The largest absolute Gasteiger partial charge is 0.484 e. The van der Waals surface area contributed by atoms with E-state index in [-0.39, 0.29) is 35.7 Å². The Morgan fingerprint density at radius 1 is 1.12 bits per heavy atom. The van der Waals surface area contributed by atoms with Crippen LogP contribution < -0.4 is 9.64 Å². The SMILES string of the molecule is C[C@]12CN(C(=O)Cc3ccc(F)cc3)C[C@H]1CCN(c1ccc(OCC(F)(F)F)cc1)C2=O. The summed E-state index contributed by atoms with van der Waals surface area (Å²) in [6.45, 7) is 1.72. The number of ether oxygens (including phenoxy) is 1. The Kier molecular flexibility index (Phi) is 6.07. The molecule has 2 aliphatic heterocycles. The number of anilines is 1. The third-order valence-electron chi connectivity index (χ3n) is 6.47. The number of benzene rings is 2. The van der Waals surface area contributed by atoms with Gasteiger partial charge in [0, 0.05) is 25.3 Å². The highest BCUT2D eigenvalue weighted by atomic mass is 19.4. The number of hydrogen-bond donors (Lipinski definition) is 0. The summed E-state index contributed by atoms with van der Waals surface area (Å²) in [5, 5.41) is 0. The minimum Gasteiger partial charge on any atom is -0.484 e. The molecular weight excluding hydrogens is 440 g/mol. The van der Waals surface area contributed by atoms with Crippen molar-refractivity contribution in [2.75, 3.05) is 31.1 Å². The fraction of sp³-hybridized carbons (Fsp3) is 0.417. The van der Waals surface area contributed by atoms with Crippen LogP contribution in [0.4, 0.5) is 23.2 Å². The minimum atomic E-state index is -4.42. The van der Waals surface area contributed by atoms with Crippen LogP contribution in [0.1, 0.15) is 18.9 Å². The zero-order valence-corrected chi connectivity index (χ0v) is 18.1. The average molecular weight is 464 g/mol. The second kappa shape index (κ2) is 8.68. The first kappa shape index (κ1) is 23.1. The van der Waals surface area contributed by atoms with E-state index in [4.69, 9.17) is 4.74 Å². The molecule has 176 valence electrons. The average Bonchev–Trinajstić information content (AvgIpc) is 3.13. The highest BCUT2D eigenvalue weighted by Gasteiger charge is 2.53. The molecule has 0 aliphatic carbocycles. The molecule has 5 nitrogen and oxygen atoms in total. The number of carbonyl (C=O) groups is 2. The molecule has 2 atom stereocenters. The fourth-order valence-electron chi connectivity index (χ4n) is 4.62. The molecule has 2 amide bonds. The summed E-state index contributed by atoms with van der Waals surface area (Å²) in [6, 6.07) is 11.7. The Hall–Kier alpha value is -3.10. The van der Waals surface area contributed by atoms with Crippen LogP contribution in [0.15, 0.2) is 48.5 Å². The molecule has 0 N–H and O–H groups in total. The zero-order valence-electron chi connectivity index (χ0n) is 18.1. The Morgan fingerprint density at radius 3 is 2.42 bits per heavy atom. The third-order valence-corrected chi connectivity index (χ3v) is 6.47. The lowest BCUT2D eigenvalue weighted by atomic mass is 9.74. The number of piperidine rings is 1. The minimum absolute atomic E-state index is 0.0211. The van der Waals surface area contributed by atoms with E-state index < -0.39 is 18.2 Å². The maximum absolute atomic E-state index is 13.4. The van der Waals surface area contributed by atoms with Gasteiger partial charge in [0.05, 0.1) is 11.8 Å². The predicted octanol–water partition coefficient (Wildman–Crippen LogP) is 4.21. The zero-order chi connectivity index (χ0) is 23.8. The van der Waals surface area contributed by atoms with E-state index in [1.807, 2.05) is 6.92 Å². The number of rotatable bonds is 5. The van der Waals surface area contributed by atoms with E-state index >= 15 is 0 Å². The molecule has 2 aromatic rings. The van der Waals surface area contributed by atoms with Gasteiger partial charge in [-0.2, -0.15) is 13.2 Å². The predicted molar refractivity (Wildman–Crippen MR) is 113 cm³/mol. The quantitative estimate of drug-likeness (QED) is 0.623. The van der Waals surface area contributed by atoms with Gasteiger partial charge < -0.3 is 14.5 Å². The van der Waals surface area contributed by atoms with Crippen LogP contribution in [0.3, 0.4) is 0 Å².